The molecule has 0 aromatic carbocycles. The number of nitrogen functional groups attached to an aromatic ring is 1. The van der Waals surface area contributed by atoms with Crippen molar-refractivity contribution in [2.45, 2.75) is 19.9 Å². The summed E-state index contributed by atoms with van der Waals surface area (Å²) in [5, 5.41) is 4.14. The summed E-state index contributed by atoms with van der Waals surface area (Å²) in [7, 11) is 3.44. The zero-order valence-electron chi connectivity index (χ0n) is 14.0. The number of hydrogen-bond acceptors (Lipinski definition) is 5. The van der Waals surface area contributed by atoms with Gasteiger partial charge in [-0.05, 0) is 24.5 Å². The van der Waals surface area contributed by atoms with E-state index < -0.39 is 0 Å². The highest BCUT2D eigenvalue weighted by atomic mass is 16.2. The van der Waals surface area contributed by atoms with Gasteiger partial charge in [0.05, 0.1) is 11.3 Å². The van der Waals surface area contributed by atoms with Crippen LogP contribution in [0.2, 0.25) is 0 Å². The quantitative estimate of drug-likeness (QED) is 0.839. The number of hydrogen-bond donors (Lipinski definition) is 1. The first kappa shape index (κ1) is 16.0. The second-order valence-electron chi connectivity index (χ2n) is 6.10. The summed E-state index contributed by atoms with van der Waals surface area (Å²) in [6.07, 6.45) is 3.85. The monoisotopic (exact) mass is 328 g/mol. The van der Waals surface area contributed by atoms with Crippen molar-refractivity contribution in [2.24, 2.45) is 0 Å². The Balaban J connectivity index is 1.94. The van der Waals surface area contributed by atoms with Crippen LogP contribution in [0, 0.1) is 6.92 Å². The fourth-order valence-corrected chi connectivity index (χ4v) is 2.92. The number of carbonyl (C=O) groups is 2. The number of fused-ring (bicyclic) bond motifs is 1. The topological polar surface area (TPSA) is 97.3 Å². The maximum absolute atomic E-state index is 12.8. The molecule has 2 N–H and O–H groups in total. The molecule has 0 radical (unpaired) electrons. The molecule has 0 atom stereocenters. The Morgan fingerprint density at radius 2 is 2.04 bits per heavy atom. The van der Waals surface area contributed by atoms with E-state index in [1.54, 1.807) is 49.3 Å². The summed E-state index contributed by atoms with van der Waals surface area (Å²) >= 11 is 0. The van der Waals surface area contributed by atoms with Crippen LogP contribution in [0.5, 0.6) is 0 Å². The summed E-state index contributed by atoms with van der Waals surface area (Å²) in [6, 6.07) is 1.60. The summed E-state index contributed by atoms with van der Waals surface area (Å²) in [4.78, 5) is 32.3. The Morgan fingerprint density at radius 1 is 1.29 bits per heavy atom. The van der Waals surface area contributed by atoms with E-state index in [4.69, 9.17) is 5.73 Å². The van der Waals surface area contributed by atoms with Crippen LogP contribution in [0.1, 0.15) is 27.2 Å². The molecule has 1 aliphatic heterocycles. The highest BCUT2D eigenvalue weighted by Crippen LogP contribution is 2.23. The number of anilines is 1. The molecule has 1 aliphatic rings. The molecule has 0 unspecified atom stereocenters. The van der Waals surface area contributed by atoms with Crippen molar-refractivity contribution in [3.8, 4) is 0 Å². The number of pyridine rings is 1. The molecule has 2 amide bonds. The third-order valence-corrected chi connectivity index (χ3v) is 4.07. The van der Waals surface area contributed by atoms with E-state index in [0.717, 1.165) is 11.1 Å². The van der Waals surface area contributed by atoms with Crippen LogP contribution in [0.25, 0.3) is 0 Å². The molecule has 0 fully saturated rings. The molecular formula is C16H20N6O2. The lowest BCUT2D eigenvalue weighted by Gasteiger charge is -2.31. The van der Waals surface area contributed by atoms with Crippen LogP contribution < -0.4 is 5.73 Å². The van der Waals surface area contributed by atoms with Crippen LogP contribution in [-0.2, 0) is 13.0 Å². The van der Waals surface area contributed by atoms with Crippen molar-refractivity contribution in [3.63, 3.8) is 0 Å². The van der Waals surface area contributed by atoms with Crippen LogP contribution in [-0.4, -0.2) is 57.1 Å². The lowest BCUT2D eigenvalue weighted by atomic mass is 9.97. The standard InChI is InChI=1S/C16H20N6O2/c1-10-6-14(17)22(19-10)15(23)13-8-18-7-11-9-21(5-4-12(11)13)16(24)20(2)3/h6-8H,4-5,9,17H2,1-3H3. The molecule has 2 aromatic heterocycles. The first-order valence-corrected chi connectivity index (χ1v) is 7.67. The largest absolute Gasteiger partial charge is 0.383 e. The van der Waals surface area contributed by atoms with Gasteiger partial charge in [0.2, 0.25) is 0 Å². The molecule has 0 aliphatic carbocycles. The summed E-state index contributed by atoms with van der Waals surface area (Å²) < 4.78 is 1.20. The number of nitrogens with zero attached hydrogens (tertiary/aromatic N) is 5. The zero-order chi connectivity index (χ0) is 17.4. The highest BCUT2D eigenvalue weighted by Gasteiger charge is 2.26. The first-order chi connectivity index (χ1) is 11.4. The summed E-state index contributed by atoms with van der Waals surface area (Å²) in [6.45, 7) is 2.78. The number of carbonyl (C=O) groups excluding carboxylic acids is 2. The van der Waals surface area contributed by atoms with E-state index in [1.807, 2.05) is 0 Å². The third-order valence-electron chi connectivity index (χ3n) is 4.07. The van der Waals surface area contributed by atoms with Crippen LogP contribution in [0.4, 0.5) is 10.6 Å². The molecule has 8 heteroatoms. The first-order valence-electron chi connectivity index (χ1n) is 7.67. The van der Waals surface area contributed by atoms with E-state index in [1.165, 1.54) is 4.68 Å². The smallest absolute Gasteiger partial charge is 0.319 e. The van der Waals surface area contributed by atoms with Gasteiger partial charge in [-0.2, -0.15) is 9.78 Å². The van der Waals surface area contributed by atoms with E-state index >= 15 is 0 Å². The molecule has 0 spiro atoms. The van der Waals surface area contributed by atoms with E-state index in [0.29, 0.717) is 36.6 Å². The Labute approximate surface area is 139 Å². The van der Waals surface area contributed by atoms with Crippen molar-refractivity contribution in [2.75, 3.05) is 26.4 Å². The molecule has 0 bridgehead atoms. The molecule has 3 rings (SSSR count). The second kappa shape index (κ2) is 5.95. The predicted molar refractivity (Wildman–Crippen MR) is 88.5 cm³/mol. The maximum Gasteiger partial charge on any atom is 0.319 e. The molecule has 3 heterocycles. The van der Waals surface area contributed by atoms with Gasteiger partial charge in [0.15, 0.2) is 0 Å². The van der Waals surface area contributed by atoms with Crippen LogP contribution in [0.15, 0.2) is 18.5 Å². The molecule has 126 valence electrons. The summed E-state index contributed by atoms with van der Waals surface area (Å²) in [5.74, 6) is 0.00709. The fourth-order valence-electron chi connectivity index (χ4n) is 2.92. The highest BCUT2D eigenvalue weighted by molar-refractivity contribution is 5.98. The fraction of sp³-hybridized carbons (Fsp3) is 0.375. The van der Waals surface area contributed by atoms with Gasteiger partial charge in [0.1, 0.15) is 5.82 Å². The van der Waals surface area contributed by atoms with Crippen molar-refractivity contribution in [1.29, 1.82) is 0 Å². The number of urea groups is 1. The van der Waals surface area contributed by atoms with Crippen molar-refractivity contribution >= 4 is 17.8 Å². The van der Waals surface area contributed by atoms with E-state index in [-0.39, 0.29) is 11.9 Å². The Kier molecular flexibility index (Phi) is 3.96. The molecule has 8 nitrogen and oxygen atoms in total. The molecule has 24 heavy (non-hydrogen) atoms. The number of aryl methyl sites for hydroxylation is 1. The van der Waals surface area contributed by atoms with Crippen molar-refractivity contribution in [3.05, 3.63) is 40.8 Å². The minimum Gasteiger partial charge on any atom is -0.383 e. The van der Waals surface area contributed by atoms with Gasteiger partial charge < -0.3 is 15.5 Å². The Bertz CT molecular complexity index is 811. The van der Waals surface area contributed by atoms with Crippen molar-refractivity contribution in [1.82, 2.24) is 24.6 Å². The van der Waals surface area contributed by atoms with Gasteiger partial charge in [-0.25, -0.2) is 4.79 Å². The lowest BCUT2D eigenvalue weighted by molar-refractivity contribution is 0.0945. The van der Waals surface area contributed by atoms with E-state index in [2.05, 4.69) is 10.1 Å². The van der Waals surface area contributed by atoms with Gasteiger partial charge >= 0.3 is 6.03 Å². The average molecular weight is 328 g/mol. The Hall–Kier alpha value is -2.90. The zero-order valence-corrected chi connectivity index (χ0v) is 14.0. The Morgan fingerprint density at radius 3 is 2.67 bits per heavy atom. The maximum atomic E-state index is 12.8. The normalized spacial score (nSPS) is 13.5. The SMILES string of the molecule is Cc1cc(N)n(C(=O)c2cncc3c2CCN(C(=O)N(C)C)C3)n1. The lowest BCUT2D eigenvalue weighted by Crippen LogP contribution is -2.42. The average Bonchev–Trinajstić information content (AvgIpc) is 2.90. The van der Waals surface area contributed by atoms with Crippen LogP contribution >= 0.6 is 0 Å². The van der Waals surface area contributed by atoms with E-state index in [9.17, 15) is 9.59 Å². The van der Waals surface area contributed by atoms with Gasteiger partial charge in [0, 0.05) is 45.6 Å². The van der Waals surface area contributed by atoms with Crippen LogP contribution in [0.3, 0.4) is 0 Å². The summed E-state index contributed by atoms with van der Waals surface area (Å²) in [5.41, 5.74) is 8.81. The number of aromatic nitrogens is 3. The number of nitrogens with two attached hydrogens (primary N) is 1. The van der Waals surface area contributed by atoms with Crippen molar-refractivity contribution < 1.29 is 9.59 Å². The molecule has 2 aromatic rings. The third kappa shape index (κ3) is 2.70. The molecule has 0 saturated carbocycles. The number of amides is 2. The number of rotatable bonds is 1. The van der Waals surface area contributed by atoms with Gasteiger partial charge in [-0.15, -0.1) is 0 Å². The van der Waals surface area contributed by atoms with Gasteiger partial charge in [-0.1, -0.05) is 0 Å². The predicted octanol–water partition coefficient (Wildman–Crippen LogP) is 0.897. The van der Waals surface area contributed by atoms with Gasteiger partial charge in [-0.3, -0.25) is 9.78 Å². The van der Waals surface area contributed by atoms with Gasteiger partial charge in [0.25, 0.3) is 5.91 Å². The minimum absolute atomic E-state index is 0.0516. The molecule has 0 saturated heterocycles. The second-order valence-corrected chi connectivity index (χ2v) is 6.10. The minimum atomic E-state index is -0.294. The molecular weight excluding hydrogens is 308 g/mol.